The number of amides is 1. The first-order valence-electron chi connectivity index (χ1n) is 8.44. The van der Waals surface area contributed by atoms with E-state index >= 15 is 0 Å². The fraction of sp³-hybridized carbons (Fsp3) is 0.300. The summed E-state index contributed by atoms with van der Waals surface area (Å²) in [4.78, 5) is 25.9. The maximum atomic E-state index is 12.5. The van der Waals surface area contributed by atoms with E-state index in [9.17, 15) is 9.59 Å². The highest BCUT2D eigenvalue weighted by Gasteiger charge is 2.20. The van der Waals surface area contributed by atoms with Crippen LogP contribution < -0.4 is 14.8 Å². The highest BCUT2D eigenvalue weighted by atomic mass is 16.7. The van der Waals surface area contributed by atoms with Crippen LogP contribution in [0.5, 0.6) is 11.5 Å². The molecule has 1 aliphatic heterocycles. The van der Waals surface area contributed by atoms with Crippen molar-refractivity contribution in [2.45, 2.75) is 26.4 Å². The fourth-order valence-corrected chi connectivity index (χ4v) is 2.73. The Hall–Kier alpha value is -2.86. The van der Waals surface area contributed by atoms with Gasteiger partial charge >= 0.3 is 0 Å². The Bertz CT molecular complexity index is 834. The largest absolute Gasteiger partial charge is 0.454 e. The second-order valence-electron chi connectivity index (χ2n) is 6.40. The SMILES string of the molecule is CC(=O)c1cccc(NC(=O)[C@@H](C)N(C)Cc2ccc3c(c2)OCO3)c1. The lowest BCUT2D eigenvalue weighted by molar-refractivity contribution is -0.120. The van der Waals surface area contributed by atoms with Crippen molar-refractivity contribution in [1.82, 2.24) is 4.90 Å². The Kier molecular flexibility index (Phi) is 5.23. The summed E-state index contributed by atoms with van der Waals surface area (Å²) in [6.07, 6.45) is 0. The van der Waals surface area contributed by atoms with E-state index in [0.29, 0.717) is 17.8 Å². The van der Waals surface area contributed by atoms with Gasteiger partial charge in [0.15, 0.2) is 17.3 Å². The summed E-state index contributed by atoms with van der Waals surface area (Å²) in [7, 11) is 1.89. The predicted molar refractivity (Wildman–Crippen MR) is 98.6 cm³/mol. The smallest absolute Gasteiger partial charge is 0.241 e. The van der Waals surface area contributed by atoms with Crippen molar-refractivity contribution in [1.29, 1.82) is 0 Å². The van der Waals surface area contributed by atoms with Crippen LogP contribution in [0.2, 0.25) is 0 Å². The van der Waals surface area contributed by atoms with Gasteiger partial charge in [-0.15, -0.1) is 0 Å². The van der Waals surface area contributed by atoms with Crippen molar-refractivity contribution < 1.29 is 19.1 Å². The number of carbonyl (C=O) groups is 2. The van der Waals surface area contributed by atoms with Gasteiger partial charge in [-0.05, 0) is 50.7 Å². The van der Waals surface area contributed by atoms with E-state index in [1.807, 2.05) is 37.1 Å². The van der Waals surface area contributed by atoms with Crippen molar-refractivity contribution in [3.05, 3.63) is 53.6 Å². The number of benzene rings is 2. The lowest BCUT2D eigenvalue weighted by Gasteiger charge is -2.24. The molecule has 0 spiro atoms. The maximum Gasteiger partial charge on any atom is 0.241 e. The average molecular weight is 354 g/mol. The molecule has 0 radical (unpaired) electrons. The van der Waals surface area contributed by atoms with Gasteiger partial charge in [-0.1, -0.05) is 18.2 Å². The molecule has 1 N–H and O–H groups in total. The summed E-state index contributed by atoms with van der Waals surface area (Å²) in [5.74, 6) is 1.31. The monoisotopic (exact) mass is 354 g/mol. The molecular formula is C20H22N2O4. The van der Waals surface area contributed by atoms with E-state index in [4.69, 9.17) is 9.47 Å². The lowest BCUT2D eigenvalue weighted by atomic mass is 10.1. The van der Waals surface area contributed by atoms with Gasteiger partial charge in [-0.2, -0.15) is 0 Å². The minimum Gasteiger partial charge on any atom is -0.454 e. The summed E-state index contributed by atoms with van der Waals surface area (Å²) in [5.41, 5.74) is 2.23. The summed E-state index contributed by atoms with van der Waals surface area (Å²) in [6.45, 7) is 4.19. The van der Waals surface area contributed by atoms with Crippen LogP contribution in [0.25, 0.3) is 0 Å². The van der Waals surface area contributed by atoms with Gasteiger partial charge in [0.25, 0.3) is 0 Å². The van der Waals surface area contributed by atoms with Crippen LogP contribution in [-0.4, -0.2) is 36.5 Å². The molecule has 1 amide bonds. The molecule has 26 heavy (non-hydrogen) atoms. The molecule has 1 heterocycles. The number of Topliss-reactive ketones (excluding diaryl/α,β-unsaturated/α-hetero) is 1. The maximum absolute atomic E-state index is 12.5. The number of hydrogen-bond donors (Lipinski definition) is 1. The van der Waals surface area contributed by atoms with Crippen molar-refractivity contribution >= 4 is 17.4 Å². The van der Waals surface area contributed by atoms with E-state index in [-0.39, 0.29) is 24.5 Å². The molecule has 0 bridgehead atoms. The van der Waals surface area contributed by atoms with E-state index in [1.165, 1.54) is 6.92 Å². The van der Waals surface area contributed by atoms with Crippen molar-refractivity contribution in [2.75, 3.05) is 19.2 Å². The molecule has 1 atom stereocenters. The highest BCUT2D eigenvalue weighted by molar-refractivity contribution is 5.98. The van der Waals surface area contributed by atoms with Gasteiger partial charge in [0, 0.05) is 17.8 Å². The van der Waals surface area contributed by atoms with Crippen LogP contribution in [-0.2, 0) is 11.3 Å². The second kappa shape index (κ2) is 7.58. The number of carbonyl (C=O) groups excluding carboxylic acids is 2. The van der Waals surface area contributed by atoms with Crippen LogP contribution in [0.3, 0.4) is 0 Å². The van der Waals surface area contributed by atoms with Crippen molar-refractivity contribution in [3.63, 3.8) is 0 Å². The van der Waals surface area contributed by atoms with E-state index in [0.717, 1.165) is 17.1 Å². The normalized spacial score (nSPS) is 13.5. The zero-order valence-electron chi connectivity index (χ0n) is 15.1. The summed E-state index contributed by atoms with van der Waals surface area (Å²) < 4.78 is 10.7. The van der Waals surface area contributed by atoms with Crippen molar-refractivity contribution in [2.24, 2.45) is 0 Å². The number of rotatable bonds is 6. The van der Waals surface area contributed by atoms with E-state index < -0.39 is 0 Å². The Labute approximate surface area is 152 Å². The number of nitrogens with zero attached hydrogens (tertiary/aromatic N) is 1. The molecule has 0 unspecified atom stereocenters. The molecule has 1 aliphatic rings. The van der Waals surface area contributed by atoms with Gasteiger partial charge in [0.2, 0.25) is 12.7 Å². The van der Waals surface area contributed by atoms with Crippen molar-refractivity contribution in [3.8, 4) is 11.5 Å². The highest BCUT2D eigenvalue weighted by Crippen LogP contribution is 2.32. The minimum absolute atomic E-state index is 0.0333. The Morgan fingerprint density at radius 3 is 2.69 bits per heavy atom. The molecule has 0 aliphatic carbocycles. The first kappa shape index (κ1) is 17.9. The predicted octanol–water partition coefficient (Wildman–Crippen LogP) is 3.08. The first-order valence-corrected chi connectivity index (χ1v) is 8.44. The lowest BCUT2D eigenvalue weighted by Crippen LogP contribution is -2.39. The summed E-state index contributed by atoms with van der Waals surface area (Å²) in [6, 6.07) is 12.4. The van der Waals surface area contributed by atoms with Gasteiger partial charge in [0.05, 0.1) is 6.04 Å². The molecule has 0 fully saturated rings. The van der Waals surface area contributed by atoms with Crippen LogP contribution in [0.4, 0.5) is 5.69 Å². The Balaban J connectivity index is 1.62. The number of ether oxygens (including phenoxy) is 2. The van der Waals surface area contributed by atoms with E-state index in [2.05, 4.69) is 5.32 Å². The number of likely N-dealkylation sites (N-methyl/N-ethyl adjacent to an activating group) is 1. The third-order valence-corrected chi connectivity index (χ3v) is 4.45. The molecule has 2 aromatic carbocycles. The zero-order chi connectivity index (χ0) is 18.7. The molecular weight excluding hydrogens is 332 g/mol. The standard InChI is InChI=1S/C20H22N2O4/c1-13(20(24)21-17-6-4-5-16(10-17)14(2)23)22(3)11-15-7-8-18-19(9-15)26-12-25-18/h4-10,13H,11-12H2,1-3H3,(H,21,24)/t13-/m1/s1. The Morgan fingerprint density at radius 2 is 1.92 bits per heavy atom. The quantitative estimate of drug-likeness (QED) is 0.808. The minimum atomic E-state index is -0.346. The third-order valence-electron chi connectivity index (χ3n) is 4.45. The summed E-state index contributed by atoms with van der Waals surface area (Å²) in [5, 5.41) is 2.87. The average Bonchev–Trinajstić information content (AvgIpc) is 3.09. The van der Waals surface area contributed by atoms with Gasteiger partial charge < -0.3 is 14.8 Å². The molecule has 0 saturated heterocycles. The zero-order valence-corrected chi connectivity index (χ0v) is 15.1. The molecule has 0 saturated carbocycles. The van der Waals surface area contributed by atoms with Gasteiger partial charge in [-0.3, -0.25) is 14.5 Å². The number of ketones is 1. The first-order chi connectivity index (χ1) is 12.4. The molecule has 2 aromatic rings. The molecule has 136 valence electrons. The van der Waals surface area contributed by atoms with Crippen LogP contribution >= 0.6 is 0 Å². The van der Waals surface area contributed by atoms with Crippen LogP contribution in [0, 0.1) is 0 Å². The van der Waals surface area contributed by atoms with Crippen LogP contribution in [0.15, 0.2) is 42.5 Å². The molecule has 3 rings (SSSR count). The third kappa shape index (κ3) is 4.03. The molecule has 6 nitrogen and oxygen atoms in total. The van der Waals surface area contributed by atoms with Gasteiger partial charge in [0.1, 0.15) is 0 Å². The summed E-state index contributed by atoms with van der Waals surface area (Å²) >= 11 is 0. The van der Waals surface area contributed by atoms with Crippen LogP contribution in [0.1, 0.15) is 29.8 Å². The number of fused-ring (bicyclic) bond motifs is 1. The molecule has 0 aromatic heterocycles. The fourth-order valence-electron chi connectivity index (χ4n) is 2.73. The van der Waals surface area contributed by atoms with E-state index in [1.54, 1.807) is 24.3 Å². The topological polar surface area (TPSA) is 67.9 Å². The number of anilines is 1. The number of hydrogen-bond acceptors (Lipinski definition) is 5. The molecule has 6 heteroatoms. The van der Waals surface area contributed by atoms with Gasteiger partial charge in [-0.25, -0.2) is 0 Å². The second-order valence-corrected chi connectivity index (χ2v) is 6.40. The Morgan fingerprint density at radius 1 is 1.15 bits per heavy atom. The number of nitrogens with one attached hydrogen (secondary N) is 1.